The first-order valence-electron chi connectivity index (χ1n) is 7.40. The Balaban J connectivity index is 1.85. The number of imidazole rings is 1. The van der Waals surface area contributed by atoms with Crippen molar-refractivity contribution in [3.8, 4) is 0 Å². The Morgan fingerprint density at radius 3 is 2.90 bits per heavy atom. The largest absolute Gasteiger partial charge is 0.381 e. The zero-order chi connectivity index (χ0) is 15.0. The summed E-state index contributed by atoms with van der Waals surface area (Å²) in [4.78, 5) is 4.29. The third kappa shape index (κ3) is 2.61. The van der Waals surface area contributed by atoms with E-state index in [4.69, 9.17) is 10.5 Å². The number of nitrogens with zero attached hydrogens (tertiary/aromatic N) is 4. The summed E-state index contributed by atoms with van der Waals surface area (Å²) in [5, 5.41) is 4.47. The number of aromatic nitrogens is 4. The van der Waals surface area contributed by atoms with Crippen LogP contribution in [0.4, 0.5) is 0 Å². The number of hydrogen-bond acceptors (Lipinski definition) is 4. The van der Waals surface area contributed by atoms with Crippen LogP contribution in [0.15, 0.2) is 12.5 Å². The van der Waals surface area contributed by atoms with Gasteiger partial charge in [0.25, 0.3) is 0 Å². The van der Waals surface area contributed by atoms with Gasteiger partial charge in [-0.05, 0) is 20.3 Å². The molecule has 2 aromatic heterocycles. The van der Waals surface area contributed by atoms with Crippen LogP contribution in [0.1, 0.15) is 35.1 Å². The first-order valence-corrected chi connectivity index (χ1v) is 7.40. The number of aryl methyl sites for hydroxylation is 2. The van der Waals surface area contributed by atoms with E-state index in [1.54, 1.807) is 0 Å². The Hall–Kier alpha value is -1.66. The SMILES string of the molecule is Cc1nn(C)c(C)c1Cn1cncc1C(N)C1CCOC1. The normalized spacial score (nSPS) is 20.1. The van der Waals surface area contributed by atoms with Gasteiger partial charge in [-0.2, -0.15) is 5.10 Å². The summed E-state index contributed by atoms with van der Waals surface area (Å²) in [6, 6.07) is -0.0210. The van der Waals surface area contributed by atoms with E-state index in [2.05, 4.69) is 21.6 Å². The van der Waals surface area contributed by atoms with Crippen molar-refractivity contribution in [3.05, 3.63) is 35.2 Å². The molecule has 0 saturated carbocycles. The molecule has 1 aliphatic rings. The van der Waals surface area contributed by atoms with Gasteiger partial charge < -0.3 is 15.0 Å². The van der Waals surface area contributed by atoms with Crippen molar-refractivity contribution in [1.29, 1.82) is 0 Å². The van der Waals surface area contributed by atoms with Gasteiger partial charge in [0.1, 0.15) is 0 Å². The number of nitrogens with two attached hydrogens (primary N) is 1. The summed E-state index contributed by atoms with van der Waals surface area (Å²) in [5.74, 6) is 0.386. The molecule has 1 aliphatic heterocycles. The van der Waals surface area contributed by atoms with Crippen LogP contribution in [0.3, 0.4) is 0 Å². The van der Waals surface area contributed by atoms with E-state index in [1.807, 2.05) is 31.2 Å². The van der Waals surface area contributed by atoms with Crippen molar-refractivity contribution in [2.75, 3.05) is 13.2 Å². The first-order chi connectivity index (χ1) is 10.1. The maximum Gasteiger partial charge on any atom is 0.0951 e. The van der Waals surface area contributed by atoms with Crippen LogP contribution < -0.4 is 5.73 Å². The Bertz CT molecular complexity index is 624. The van der Waals surface area contributed by atoms with Gasteiger partial charge in [-0.3, -0.25) is 4.68 Å². The minimum absolute atomic E-state index is 0.0210. The molecule has 21 heavy (non-hydrogen) atoms. The van der Waals surface area contributed by atoms with Crippen molar-refractivity contribution in [3.63, 3.8) is 0 Å². The second-order valence-corrected chi connectivity index (χ2v) is 5.87. The van der Waals surface area contributed by atoms with Gasteiger partial charge >= 0.3 is 0 Å². The zero-order valence-electron chi connectivity index (χ0n) is 12.9. The summed E-state index contributed by atoms with van der Waals surface area (Å²) in [6.07, 6.45) is 4.76. The molecule has 1 fully saturated rings. The van der Waals surface area contributed by atoms with Crippen molar-refractivity contribution in [2.24, 2.45) is 18.7 Å². The molecule has 114 valence electrons. The molecule has 3 rings (SSSR count). The minimum atomic E-state index is -0.0210. The lowest BCUT2D eigenvalue weighted by molar-refractivity contribution is 0.180. The molecule has 3 heterocycles. The van der Waals surface area contributed by atoms with Crippen molar-refractivity contribution in [2.45, 2.75) is 32.9 Å². The van der Waals surface area contributed by atoms with E-state index < -0.39 is 0 Å². The average Bonchev–Trinajstić information content (AvgIpc) is 3.17. The van der Waals surface area contributed by atoms with Crippen LogP contribution in [0.5, 0.6) is 0 Å². The third-order valence-corrected chi connectivity index (χ3v) is 4.55. The van der Waals surface area contributed by atoms with Crippen molar-refractivity contribution in [1.82, 2.24) is 19.3 Å². The van der Waals surface area contributed by atoms with Crippen LogP contribution in [-0.2, 0) is 18.3 Å². The van der Waals surface area contributed by atoms with E-state index in [9.17, 15) is 0 Å². The summed E-state index contributed by atoms with van der Waals surface area (Å²) < 4.78 is 9.51. The van der Waals surface area contributed by atoms with Gasteiger partial charge in [0.2, 0.25) is 0 Å². The lowest BCUT2D eigenvalue weighted by Crippen LogP contribution is -2.24. The van der Waals surface area contributed by atoms with E-state index in [-0.39, 0.29) is 6.04 Å². The van der Waals surface area contributed by atoms with E-state index >= 15 is 0 Å². The van der Waals surface area contributed by atoms with Crippen LogP contribution >= 0.6 is 0 Å². The fourth-order valence-electron chi connectivity index (χ4n) is 3.03. The molecular formula is C15H23N5O. The molecule has 0 spiro atoms. The number of rotatable bonds is 4. The maximum atomic E-state index is 6.42. The van der Waals surface area contributed by atoms with E-state index in [0.717, 1.165) is 37.6 Å². The molecule has 2 aromatic rings. The molecule has 1 saturated heterocycles. The van der Waals surface area contributed by atoms with Crippen molar-refractivity contribution < 1.29 is 4.74 Å². The van der Waals surface area contributed by atoms with Crippen LogP contribution in [0, 0.1) is 19.8 Å². The van der Waals surface area contributed by atoms with Gasteiger partial charge in [-0.25, -0.2) is 4.98 Å². The highest BCUT2D eigenvalue weighted by Crippen LogP contribution is 2.27. The van der Waals surface area contributed by atoms with Gasteiger partial charge in [-0.15, -0.1) is 0 Å². The second-order valence-electron chi connectivity index (χ2n) is 5.87. The Labute approximate surface area is 124 Å². The lowest BCUT2D eigenvalue weighted by Gasteiger charge is -2.19. The molecule has 0 aromatic carbocycles. The number of ether oxygens (including phenoxy) is 1. The standard InChI is InChI=1S/C15H23N5O/c1-10-13(11(2)19(3)18-10)7-20-9-17-6-14(20)15(16)12-4-5-21-8-12/h6,9,12,15H,4-5,7-8,16H2,1-3H3. The molecular weight excluding hydrogens is 266 g/mol. The van der Waals surface area contributed by atoms with Crippen LogP contribution in [0.2, 0.25) is 0 Å². The minimum Gasteiger partial charge on any atom is -0.381 e. The van der Waals surface area contributed by atoms with Gasteiger partial charge in [0.15, 0.2) is 0 Å². The molecule has 2 N–H and O–H groups in total. The molecule has 0 aliphatic carbocycles. The Kier molecular flexibility index (Phi) is 3.82. The first kappa shape index (κ1) is 14.3. The zero-order valence-corrected chi connectivity index (χ0v) is 12.9. The smallest absolute Gasteiger partial charge is 0.0951 e. The monoisotopic (exact) mass is 289 g/mol. The molecule has 6 nitrogen and oxygen atoms in total. The number of hydrogen-bond donors (Lipinski definition) is 1. The topological polar surface area (TPSA) is 70.9 Å². The van der Waals surface area contributed by atoms with Gasteiger partial charge in [0.05, 0.1) is 36.9 Å². The Morgan fingerprint density at radius 2 is 2.29 bits per heavy atom. The summed E-state index contributed by atoms with van der Waals surface area (Å²) in [6.45, 7) is 6.47. The predicted octanol–water partition coefficient (Wildman–Crippen LogP) is 1.32. The van der Waals surface area contributed by atoms with Gasteiger partial charge in [-0.1, -0.05) is 0 Å². The van der Waals surface area contributed by atoms with E-state index in [0.29, 0.717) is 5.92 Å². The van der Waals surface area contributed by atoms with E-state index in [1.165, 1.54) is 11.3 Å². The second kappa shape index (κ2) is 5.61. The maximum absolute atomic E-state index is 6.42. The quantitative estimate of drug-likeness (QED) is 0.921. The highest BCUT2D eigenvalue weighted by molar-refractivity contribution is 5.25. The molecule has 0 amide bonds. The van der Waals surface area contributed by atoms with Crippen molar-refractivity contribution >= 4 is 0 Å². The lowest BCUT2D eigenvalue weighted by atomic mass is 9.97. The fraction of sp³-hybridized carbons (Fsp3) is 0.600. The Morgan fingerprint density at radius 1 is 1.48 bits per heavy atom. The summed E-state index contributed by atoms with van der Waals surface area (Å²) in [7, 11) is 1.97. The summed E-state index contributed by atoms with van der Waals surface area (Å²) in [5.41, 5.74) is 11.0. The molecule has 0 bridgehead atoms. The van der Waals surface area contributed by atoms with Gasteiger partial charge in [0, 0.05) is 37.0 Å². The molecule has 2 unspecified atom stereocenters. The third-order valence-electron chi connectivity index (χ3n) is 4.55. The molecule has 0 radical (unpaired) electrons. The highest BCUT2D eigenvalue weighted by Gasteiger charge is 2.26. The van der Waals surface area contributed by atoms with Crippen LogP contribution in [-0.4, -0.2) is 32.5 Å². The molecule has 2 atom stereocenters. The average molecular weight is 289 g/mol. The summed E-state index contributed by atoms with van der Waals surface area (Å²) >= 11 is 0. The van der Waals surface area contributed by atoms with Crippen LogP contribution in [0.25, 0.3) is 0 Å². The molecule has 6 heteroatoms. The highest BCUT2D eigenvalue weighted by atomic mass is 16.5. The fourth-order valence-corrected chi connectivity index (χ4v) is 3.03. The predicted molar refractivity (Wildman–Crippen MR) is 79.9 cm³/mol.